The van der Waals surface area contributed by atoms with Gasteiger partial charge in [0.1, 0.15) is 18.2 Å². The highest BCUT2D eigenvalue weighted by Crippen LogP contribution is 2.16. The molecule has 0 aliphatic carbocycles. The number of hydrogen-bond donors (Lipinski definition) is 2. The van der Waals surface area contributed by atoms with Gasteiger partial charge in [0.05, 0.1) is 0 Å². The predicted octanol–water partition coefficient (Wildman–Crippen LogP) is 1.56. The SMILES string of the molecule is Cc1cc(NC(C(=O)O)C(C)C)n2ncnc2c1. The molecule has 2 N–H and O–H groups in total. The van der Waals surface area contributed by atoms with Gasteiger partial charge in [-0.05, 0) is 30.5 Å². The van der Waals surface area contributed by atoms with Crippen molar-refractivity contribution in [3.05, 3.63) is 24.0 Å². The lowest BCUT2D eigenvalue weighted by molar-refractivity contribution is -0.138. The zero-order valence-electron chi connectivity index (χ0n) is 10.6. The van der Waals surface area contributed by atoms with E-state index in [2.05, 4.69) is 15.4 Å². The number of fused-ring (bicyclic) bond motifs is 1. The van der Waals surface area contributed by atoms with E-state index in [0.717, 1.165) is 5.56 Å². The molecule has 96 valence electrons. The number of aryl methyl sites for hydroxylation is 1. The monoisotopic (exact) mass is 248 g/mol. The first kappa shape index (κ1) is 12.3. The van der Waals surface area contributed by atoms with Crippen molar-refractivity contribution in [2.75, 3.05) is 5.32 Å². The molecule has 0 aliphatic heterocycles. The van der Waals surface area contributed by atoms with Crippen LogP contribution >= 0.6 is 0 Å². The van der Waals surface area contributed by atoms with Crippen molar-refractivity contribution in [3.8, 4) is 0 Å². The second-order valence-electron chi connectivity index (χ2n) is 4.65. The molecular weight excluding hydrogens is 232 g/mol. The maximum atomic E-state index is 11.2. The van der Waals surface area contributed by atoms with Crippen LogP contribution in [0.5, 0.6) is 0 Å². The third-order valence-electron chi connectivity index (χ3n) is 2.76. The molecule has 18 heavy (non-hydrogen) atoms. The van der Waals surface area contributed by atoms with Gasteiger partial charge in [-0.15, -0.1) is 0 Å². The van der Waals surface area contributed by atoms with Crippen LogP contribution in [0.1, 0.15) is 19.4 Å². The van der Waals surface area contributed by atoms with Crippen molar-refractivity contribution < 1.29 is 9.90 Å². The summed E-state index contributed by atoms with van der Waals surface area (Å²) in [6.07, 6.45) is 1.45. The van der Waals surface area contributed by atoms with Gasteiger partial charge in [-0.1, -0.05) is 13.8 Å². The summed E-state index contributed by atoms with van der Waals surface area (Å²) in [5.41, 5.74) is 1.70. The van der Waals surface area contributed by atoms with Gasteiger partial charge in [0.2, 0.25) is 0 Å². The number of nitrogens with zero attached hydrogens (tertiary/aromatic N) is 3. The first-order valence-corrected chi connectivity index (χ1v) is 5.79. The van der Waals surface area contributed by atoms with Crippen LogP contribution in [-0.2, 0) is 4.79 Å². The van der Waals surface area contributed by atoms with Gasteiger partial charge in [0.15, 0.2) is 5.65 Å². The van der Waals surface area contributed by atoms with Crippen LogP contribution < -0.4 is 5.32 Å². The zero-order valence-corrected chi connectivity index (χ0v) is 10.6. The molecule has 0 aliphatic rings. The van der Waals surface area contributed by atoms with Crippen LogP contribution in [0.4, 0.5) is 5.82 Å². The van der Waals surface area contributed by atoms with Crippen molar-refractivity contribution in [1.82, 2.24) is 14.6 Å². The molecule has 0 saturated carbocycles. The first-order chi connectivity index (χ1) is 8.49. The Morgan fingerprint density at radius 2 is 2.17 bits per heavy atom. The van der Waals surface area contributed by atoms with Crippen LogP contribution in [0.3, 0.4) is 0 Å². The highest BCUT2D eigenvalue weighted by atomic mass is 16.4. The molecule has 1 unspecified atom stereocenters. The van der Waals surface area contributed by atoms with Crippen molar-refractivity contribution in [2.24, 2.45) is 5.92 Å². The quantitative estimate of drug-likeness (QED) is 0.858. The summed E-state index contributed by atoms with van der Waals surface area (Å²) in [5.74, 6) is -0.259. The number of carboxylic acid groups (broad SMARTS) is 1. The molecule has 2 rings (SSSR count). The highest BCUT2D eigenvalue weighted by molar-refractivity contribution is 5.77. The molecule has 2 heterocycles. The molecule has 1 atom stereocenters. The van der Waals surface area contributed by atoms with Crippen molar-refractivity contribution in [3.63, 3.8) is 0 Å². The van der Waals surface area contributed by atoms with Crippen molar-refractivity contribution >= 4 is 17.4 Å². The number of aliphatic carboxylic acids is 1. The number of carboxylic acids is 1. The number of carbonyl (C=O) groups is 1. The van der Waals surface area contributed by atoms with Crippen molar-refractivity contribution in [2.45, 2.75) is 26.8 Å². The average Bonchev–Trinajstić information content (AvgIpc) is 2.72. The molecule has 6 heteroatoms. The van der Waals surface area contributed by atoms with E-state index in [1.54, 1.807) is 4.52 Å². The number of anilines is 1. The van der Waals surface area contributed by atoms with Gasteiger partial charge in [-0.2, -0.15) is 9.61 Å². The summed E-state index contributed by atoms with van der Waals surface area (Å²) >= 11 is 0. The molecule has 2 aromatic heterocycles. The maximum absolute atomic E-state index is 11.2. The smallest absolute Gasteiger partial charge is 0.326 e. The Bertz CT molecular complexity index is 576. The van der Waals surface area contributed by atoms with Gasteiger partial charge >= 0.3 is 5.97 Å². The lowest BCUT2D eigenvalue weighted by Gasteiger charge is -2.19. The van der Waals surface area contributed by atoms with Crippen LogP contribution in [0.15, 0.2) is 18.5 Å². The maximum Gasteiger partial charge on any atom is 0.326 e. The summed E-state index contributed by atoms with van der Waals surface area (Å²) in [6, 6.07) is 3.10. The Morgan fingerprint density at radius 1 is 1.44 bits per heavy atom. The number of pyridine rings is 1. The van der Waals surface area contributed by atoms with Crippen LogP contribution in [0.25, 0.3) is 5.65 Å². The molecule has 2 aromatic rings. The van der Waals surface area contributed by atoms with E-state index in [9.17, 15) is 9.90 Å². The molecule has 0 aromatic carbocycles. The summed E-state index contributed by atoms with van der Waals surface area (Å²) in [6.45, 7) is 5.66. The Labute approximate surface area is 105 Å². The predicted molar refractivity (Wildman–Crippen MR) is 67.6 cm³/mol. The number of rotatable bonds is 4. The Hall–Kier alpha value is -2.11. The van der Waals surface area contributed by atoms with Gasteiger partial charge in [0.25, 0.3) is 0 Å². The normalized spacial score (nSPS) is 12.9. The van der Waals surface area contributed by atoms with Gasteiger partial charge in [-0.25, -0.2) is 9.78 Å². The minimum Gasteiger partial charge on any atom is -0.480 e. The third kappa shape index (κ3) is 2.27. The molecule has 0 radical (unpaired) electrons. The Morgan fingerprint density at radius 3 is 2.78 bits per heavy atom. The highest BCUT2D eigenvalue weighted by Gasteiger charge is 2.22. The number of nitrogens with one attached hydrogen (secondary N) is 1. The summed E-state index contributed by atoms with van der Waals surface area (Å²) in [7, 11) is 0. The average molecular weight is 248 g/mol. The fourth-order valence-corrected chi connectivity index (χ4v) is 1.83. The largest absolute Gasteiger partial charge is 0.480 e. The second-order valence-corrected chi connectivity index (χ2v) is 4.65. The minimum atomic E-state index is -0.875. The van der Waals surface area contributed by atoms with Gasteiger partial charge in [-0.3, -0.25) is 0 Å². The molecule has 0 fully saturated rings. The molecule has 0 bridgehead atoms. The molecule has 0 amide bonds. The minimum absolute atomic E-state index is 0.0263. The van der Waals surface area contributed by atoms with E-state index in [0.29, 0.717) is 11.5 Å². The van der Waals surface area contributed by atoms with Crippen molar-refractivity contribution in [1.29, 1.82) is 0 Å². The van der Waals surface area contributed by atoms with E-state index >= 15 is 0 Å². The van der Waals surface area contributed by atoms with Crippen LogP contribution in [0, 0.1) is 12.8 Å². The van der Waals surface area contributed by atoms with Gasteiger partial charge < -0.3 is 10.4 Å². The summed E-state index contributed by atoms with van der Waals surface area (Å²) in [4.78, 5) is 15.3. The van der Waals surface area contributed by atoms with E-state index in [1.807, 2.05) is 32.9 Å². The van der Waals surface area contributed by atoms with E-state index in [1.165, 1.54) is 6.33 Å². The molecule has 6 nitrogen and oxygen atoms in total. The Balaban J connectivity index is 2.41. The van der Waals surface area contributed by atoms with Crippen LogP contribution in [-0.4, -0.2) is 31.7 Å². The third-order valence-corrected chi connectivity index (χ3v) is 2.76. The number of aromatic nitrogens is 3. The molecule has 0 spiro atoms. The first-order valence-electron chi connectivity index (χ1n) is 5.79. The Kier molecular flexibility index (Phi) is 3.18. The zero-order chi connectivity index (χ0) is 13.3. The number of hydrogen-bond acceptors (Lipinski definition) is 4. The fourth-order valence-electron chi connectivity index (χ4n) is 1.83. The second kappa shape index (κ2) is 4.64. The summed E-state index contributed by atoms with van der Waals surface area (Å²) < 4.78 is 1.60. The lowest BCUT2D eigenvalue weighted by atomic mass is 10.0. The lowest BCUT2D eigenvalue weighted by Crippen LogP contribution is -2.35. The van der Waals surface area contributed by atoms with Crippen LogP contribution in [0.2, 0.25) is 0 Å². The molecular formula is C12H16N4O2. The topological polar surface area (TPSA) is 79.5 Å². The standard InChI is InChI=1S/C12H16N4O2/c1-7(2)11(12(17)18)15-10-5-8(3)4-9-13-6-14-16(9)10/h4-7,11,15H,1-3H3,(H,17,18). The van der Waals surface area contributed by atoms with E-state index < -0.39 is 12.0 Å². The van der Waals surface area contributed by atoms with Gasteiger partial charge in [0, 0.05) is 0 Å². The van der Waals surface area contributed by atoms with E-state index in [4.69, 9.17) is 0 Å². The van der Waals surface area contributed by atoms with E-state index in [-0.39, 0.29) is 5.92 Å². The summed E-state index contributed by atoms with van der Waals surface area (Å²) in [5, 5.41) is 16.3. The molecule has 0 saturated heterocycles. The fraction of sp³-hybridized carbons (Fsp3) is 0.417.